The van der Waals surface area contributed by atoms with Gasteiger partial charge in [-0.1, -0.05) is 41.9 Å². The molecular formula is C18H18ClN5O2. The van der Waals surface area contributed by atoms with Crippen molar-refractivity contribution in [3.05, 3.63) is 64.9 Å². The minimum Gasteiger partial charge on any atom is -0.496 e. The number of nitrogens with zero attached hydrogens (tertiary/aromatic N) is 5. The van der Waals surface area contributed by atoms with E-state index in [1.807, 2.05) is 37.3 Å². The molecule has 0 atom stereocenters. The molecule has 8 heteroatoms. The molecule has 0 aliphatic heterocycles. The SMILES string of the molecule is CCN(Cc1ccccc1)C(=O)c1cc(Cl)c(-n2cnnn2)cc1OC. The van der Waals surface area contributed by atoms with E-state index in [0.29, 0.717) is 35.1 Å². The Morgan fingerprint density at radius 1 is 1.27 bits per heavy atom. The van der Waals surface area contributed by atoms with Crippen LogP contribution in [0.4, 0.5) is 0 Å². The van der Waals surface area contributed by atoms with E-state index in [1.54, 1.807) is 17.0 Å². The van der Waals surface area contributed by atoms with Crippen LogP contribution in [0.15, 0.2) is 48.8 Å². The first-order valence-corrected chi connectivity index (χ1v) is 8.46. The van der Waals surface area contributed by atoms with E-state index in [2.05, 4.69) is 15.5 Å². The van der Waals surface area contributed by atoms with Crippen molar-refractivity contribution in [2.75, 3.05) is 13.7 Å². The maximum atomic E-state index is 13.1. The smallest absolute Gasteiger partial charge is 0.257 e. The largest absolute Gasteiger partial charge is 0.496 e. The van der Waals surface area contributed by atoms with Crippen LogP contribution in [0.1, 0.15) is 22.8 Å². The zero-order valence-corrected chi connectivity index (χ0v) is 15.2. The maximum Gasteiger partial charge on any atom is 0.257 e. The van der Waals surface area contributed by atoms with Crippen LogP contribution >= 0.6 is 11.6 Å². The Hall–Kier alpha value is -2.93. The summed E-state index contributed by atoms with van der Waals surface area (Å²) in [5.41, 5.74) is 1.99. The van der Waals surface area contributed by atoms with Gasteiger partial charge in [-0.15, -0.1) is 5.10 Å². The Labute approximate surface area is 156 Å². The number of rotatable bonds is 6. The lowest BCUT2D eigenvalue weighted by Crippen LogP contribution is -2.30. The quantitative estimate of drug-likeness (QED) is 0.666. The highest BCUT2D eigenvalue weighted by molar-refractivity contribution is 6.33. The molecule has 0 aliphatic carbocycles. The van der Waals surface area contributed by atoms with E-state index in [9.17, 15) is 4.79 Å². The molecule has 0 fully saturated rings. The van der Waals surface area contributed by atoms with Crippen LogP contribution in [-0.4, -0.2) is 44.7 Å². The Balaban J connectivity index is 1.94. The van der Waals surface area contributed by atoms with E-state index >= 15 is 0 Å². The van der Waals surface area contributed by atoms with E-state index in [1.165, 1.54) is 18.1 Å². The van der Waals surface area contributed by atoms with Gasteiger partial charge in [0, 0.05) is 19.2 Å². The highest BCUT2D eigenvalue weighted by atomic mass is 35.5. The number of tetrazole rings is 1. The van der Waals surface area contributed by atoms with Crippen LogP contribution in [0.25, 0.3) is 5.69 Å². The maximum absolute atomic E-state index is 13.1. The first-order valence-electron chi connectivity index (χ1n) is 8.08. The number of aromatic nitrogens is 4. The van der Waals surface area contributed by atoms with Gasteiger partial charge in [-0.3, -0.25) is 4.79 Å². The topological polar surface area (TPSA) is 73.1 Å². The van der Waals surface area contributed by atoms with Crippen molar-refractivity contribution < 1.29 is 9.53 Å². The molecule has 2 aromatic carbocycles. The summed E-state index contributed by atoms with van der Waals surface area (Å²) in [4.78, 5) is 14.8. The number of benzene rings is 2. The predicted octanol–water partition coefficient (Wildman–Crippen LogP) is 2.99. The van der Waals surface area contributed by atoms with Crippen LogP contribution in [0.3, 0.4) is 0 Å². The normalized spacial score (nSPS) is 10.6. The van der Waals surface area contributed by atoms with Crippen molar-refractivity contribution in [3.8, 4) is 11.4 Å². The van der Waals surface area contributed by atoms with Gasteiger partial charge in [-0.05, 0) is 29.0 Å². The highest BCUT2D eigenvalue weighted by Gasteiger charge is 2.21. The van der Waals surface area contributed by atoms with Crippen LogP contribution in [0, 0.1) is 0 Å². The van der Waals surface area contributed by atoms with E-state index < -0.39 is 0 Å². The summed E-state index contributed by atoms with van der Waals surface area (Å²) in [7, 11) is 1.51. The molecule has 0 aliphatic rings. The number of hydrogen-bond acceptors (Lipinski definition) is 5. The first-order chi connectivity index (χ1) is 12.6. The molecular weight excluding hydrogens is 354 g/mol. The Morgan fingerprint density at radius 2 is 2.04 bits per heavy atom. The van der Waals surface area contributed by atoms with Crippen molar-refractivity contribution in [1.82, 2.24) is 25.1 Å². The second-order valence-corrected chi connectivity index (χ2v) is 5.97. The van der Waals surface area contributed by atoms with Crippen molar-refractivity contribution in [1.29, 1.82) is 0 Å². The van der Waals surface area contributed by atoms with Crippen LogP contribution in [0.2, 0.25) is 5.02 Å². The van der Waals surface area contributed by atoms with E-state index in [0.717, 1.165) is 5.56 Å². The number of halogens is 1. The molecule has 0 saturated heterocycles. The number of carbonyl (C=O) groups excluding carboxylic acids is 1. The van der Waals surface area contributed by atoms with Crippen LogP contribution < -0.4 is 4.74 Å². The molecule has 1 aromatic heterocycles. The number of ether oxygens (including phenoxy) is 1. The highest BCUT2D eigenvalue weighted by Crippen LogP contribution is 2.30. The fourth-order valence-corrected chi connectivity index (χ4v) is 2.88. The number of methoxy groups -OCH3 is 1. The fourth-order valence-electron chi connectivity index (χ4n) is 2.63. The molecule has 0 saturated carbocycles. The van der Waals surface area contributed by atoms with Gasteiger partial charge in [0.25, 0.3) is 5.91 Å². The summed E-state index contributed by atoms with van der Waals surface area (Å²) in [6, 6.07) is 13.1. The summed E-state index contributed by atoms with van der Waals surface area (Å²) in [6.45, 7) is 3.00. The number of carbonyl (C=O) groups is 1. The second-order valence-electron chi connectivity index (χ2n) is 5.56. The van der Waals surface area contributed by atoms with Crippen LogP contribution in [0.5, 0.6) is 5.75 Å². The van der Waals surface area contributed by atoms with Gasteiger partial charge in [-0.25, -0.2) is 0 Å². The lowest BCUT2D eigenvalue weighted by atomic mass is 10.1. The van der Waals surface area contributed by atoms with Gasteiger partial charge < -0.3 is 9.64 Å². The average Bonchev–Trinajstić information content (AvgIpc) is 3.20. The summed E-state index contributed by atoms with van der Waals surface area (Å²) in [5.74, 6) is 0.259. The second kappa shape index (κ2) is 7.97. The van der Waals surface area contributed by atoms with Gasteiger partial charge >= 0.3 is 0 Å². The zero-order valence-electron chi connectivity index (χ0n) is 14.5. The van der Waals surface area contributed by atoms with Gasteiger partial charge in [0.05, 0.1) is 23.4 Å². The molecule has 134 valence electrons. The average molecular weight is 372 g/mol. The minimum absolute atomic E-state index is 0.154. The molecule has 3 aromatic rings. The molecule has 1 amide bonds. The molecule has 3 rings (SSSR count). The van der Waals surface area contributed by atoms with Crippen molar-refractivity contribution >= 4 is 17.5 Å². The Kier molecular flexibility index (Phi) is 5.48. The van der Waals surface area contributed by atoms with Crippen molar-refractivity contribution in [3.63, 3.8) is 0 Å². The first kappa shape index (κ1) is 17.9. The third-order valence-electron chi connectivity index (χ3n) is 3.98. The molecule has 0 spiro atoms. The predicted molar refractivity (Wildman–Crippen MR) is 97.6 cm³/mol. The van der Waals surface area contributed by atoms with E-state index in [4.69, 9.17) is 16.3 Å². The molecule has 1 heterocycles. The number of hydrogen-bond donors (Lipinski definition) is 0. The molecule has 0 radical (unpaired) electrons. The molecule has 0 unspecified atom stereocenters. The molecule has 0 N–H and O–H groups in total. The third-order valence-corrected chi connectivity index (χ3v) is 4.28. The lowest BCUT2D eigenvalue weighted by Gasteiger charge is -2.22. The van der Waals surface area contributed by atoms with Gasteiger partial charge in [0.2, 0.25) is 0 Å². The number of amides is 1. The van der Waals surface area contributed by atoms with Gasteiger partial charge in [-0.2, -0.15) is 4.68 Å². The summed E-state index contributed by atoms with van der Waals surface area (Å²) < 4.78 is 6.83. The fraction of sp³-hybridized carbons (Fsp3) is 0.222. The summed E-state index contributed by atoms with van der Waals surface area (Å²) in [5, 5.41) is 11.4. The standard InChI is InChI=1S/C18H18ClN5O2/c1-3-23(11-13-7-5-4-6-8-13)18(25)14-9-15(19)16(10-17(14)26-2)24-12-20-21-22-24/h4-10,12H,3,11H2,1-2H3. The Morgan fingerprint density at radius 3 is 2.65 bits per heavy atom. The molecule has 26 heavy (non-hydrogen) atoms. The van der Waals surface area contributed by atoms with Gasteiger partial charge in [0.15, 0.2) is 0 Å². The zero-order chi connectivity index (χ0) is 18.5. The van der Waals surface area contributed by atoms with Crippen molar-refractivity contribution in [2.45, 2.75) is 13.5 Å². The van der Waals surface area contributed by atoms with E-state index in [-0.39, 0.29) is 5.91 Å². The Bertz CT molecular complexity index is 884. The van der Waals surface area contributed by atoms with Gasteiger partial charge in [0.1, 0.15) is 12.1 Å². The summed E-state index contributed by atoms with van der Waals surface area (Å²) >= 11 is 6.36. The molecule has 0 bridgehead atoms. The monoisotopic (exact) mass is 371 g/mol. The summed E-state index contributed by atoms with van der Waals surface area (Å²) in [6.07, 6.45) is 1.43. The molecule has 7 nitrogen and oxygen atoms in total. The van der Waals surface area contributed by atoms with Crippen LogP contribution in [-0.2, 0) is 6.54 Å². The lowest BCUT2D eigenvalue weighted by molar-refractivity contribution is 0.0749. The van der Waals surface area contributed by atoms with Crippen molar-refractivity contribution in [2.24, 2.45) is 0 Å². The third kappa shape index (κ3) is 3.67. The minimum atomic E-state index is -0.154.